The number of hydrogen-bond acceptors (Lipinski definition) is 5. The van der Waals surface area contributed by atoms with Crippen LogP contribution in [-0.4, -0.2) is 34.9 Å². The summed E-state index contributed by atoms with van der Waals surface area (Å²) in [6.45, 7) is 16.8. The van der Waals surface area contributed by atoms with E-state index in [1.54, 1.807) is 0 Å². The van der Waals surface area contributed by atoms with Crippen molar-refractivity contribution in [1.29, 1.82) is 0 Å². The van der Waals surface area contributed by atoms with Crippen molar-refractivity contribution in [2.24, 2.45) is 46.3 Å². The van der Waals surface area contributed by atoms with Crippen LogP contribution in [0.4, 0.5) is 0 Å². The lowest BCUT2D eigenvalue weighted by atomic mass is 9.45. The molecule has 37 heavy (non-hydrogen) atoms. The second-order valence-corrected chi connectivity index (χ2v) is 13.7. The van der Waals surface area contributed by atoms with Crippen molar-refractivity contribution < 1.29 is 24.2 Å². The predicted molar refractivity (Wildman–Crippen MR) is 145 cm³/mol. The maximum atomic E-state index is 12.3. The molecule has 0 radical (unpaired) electrons. The number of allylic oxidation sites excluding steroid dienone is 3. The van der Waals surface area contributed by atoms with Gasteiger partial charge in [0.2, 0.25) is 0 Å². The summed E-state index contributed by atoms with van der Waals surface area (Å²) in [7, 11) is 0. The average Bonchev–Trinajstić information content (AvgIpc) is 3.15. The van der Waals surface area contributed by atoms with Gasteiger partial charge in [-0.1, -0.05) is 59.3 Å². The molecule has 0 aromatic carbocycles. The molecule has 4 aliphatic rings. The Morgan fingerprint density at radius 1 is 0.946 bits per heavy atom. The first-order valence-electron chi connectivity index (χ1n) is 14.7. The summed E-state index contributed by atoms with van der Waals surface area (Å²) in [5.74, 6) is 2.35. The van der Waals surface area contributed by atoms with Gasteiger partial charge < -0.3 is 14.6 Å². The smallest absolute Gasteiger partial charge is 0.303 e. The molecule has 0 bridgehead atoms. The minimum atomic E-state index is -1.25. The zero-order chi connectivity index (χ0) is 27.3. The lowest BCUT2D eigenvalue weighted by Crippen LogP contribution is -2.66. The van der Waals surface area contributed by atoms with E-state index < -0.39 is 17.1 Å². The van der Waals surface area contributed by atoms with E-state index in [-0.39, 0.29) is 29.4 Å². The molecule has 0 amide bonds. The molecule has 0 spiro atoms. The summed E-state index contributed by atoms with van der Waals surface area (Å²) in [5.41, 5.74) is -0.0625. The van der Waals surface area contributed by atoms with E-state index in [0.717, 1.165) is 32.1 Å². The fourth-order valence-corrected chi connectivity index (χ4v) is 8.76. The second-order valence-electron chi connectivity index (χ2n) is 13.7. The Balaban J connectivity index is 1.67. The molecule has 0 unspecified atom stereocenters. The molecule has 10 atom stereocenters. The zero-order valence-corrected chi connectivity index (χ0v) is 24.4. The Hall–Kier alpha value is -1.62. The highest BCUT2D eigenvalue weighted by Gasteiger charge is 2.66. The number of ether oxygens (including phenoxy) is 2. The fraction of sp³-hybridized carbons (Fsp3) is 0.812. The van der Waals surface area contributed by atoms with E-state index in [0.29, 0.717) is 36.0 Å². The molecule has 4 rings (SSSR count). The Labute approximate surface area is 224 Å². The van der Waals surface area contributed by atoms with E-state index >= 15 is 0 Å². The lowest BCUT2D eigenvalue weighted by molar-refractivity contribution is -0.225. The minimum absolute atomic E-state index is 0.203. The van der Waals surface area contributed by atoms with Crippen molar-refractivity contribution in [3.05, 3.63) is 23.8 Å². The third kappa shape index (κ3) is 4.83. The van der Waals surface area contributed by atoms with Gasteiger partial charge >= 0.3 is 11.9 Å². The van der Waals surface area contributed by atoms with Crippen LogP contribution >= 0.6 is 0 Å². The third-order valence-corrected chi connectivity index (χ3v) is 11.3. The number of rotatable bonds is 6. The minimum Gasteiger partial charge on any atom is -0.462 e. The summed E-state index contributed by atoms with van der Waals surface area (Å²) in [4.78, 5) is 23.9. The Kier molecular flexibility index (Phi) is 7.80. The van der Waals surface area contributed by atoms with Gasteiger partial charge in [-0.25, -0.2) is 0 Å². The number of hydrogen-bond donors (Lipinski definition) is 1. The fourth-order valence-electron chi connectivity index (χ4n) is 8.76. The van der Waals surface area contributed by atoms with Gasteiger partial charge in [0.15, 0.2) is 0 Å². The van der Waals surface area contributed by atoms with E-state index in [1.807, 2.05) is 0 Å². The van der Waals surface area contributed by atoms with Gasteiger partial charge in [-0.15, -0.1) is 0 Å². The summed E-state index contributed by atoms with van der Waals surface area (Å²) in [5, 5.41) is 12.3. The van der Waals surface area contributed by atoms with Crippen LogP contribution in [-0.2, 0) is 19.1 Å². The maximum Gasteiger partial charge on any atom is 0.303 e. The van der Waals surface area contributed by atoms with Crippen LogP contribution in [0.1, 0.15) is 100 Å². The van der Waals surface area contributed by atoms with Crippen molar-refractivity contribution in [2.45, 2.75) is 118 Å². The molecule has 5 nitrogen and oxygen atoms in total. The second kappa shape index (κ2) is 10.2. The first kappa shape index (κ1) is 28.4. The van der Waals surface area contributed by atoms with E-state index in [1.165, 1.54) is 25.8 Å². The summed E-state index contributed by atoms with van der Waals surface area (Å²) in [6, 6.07) is 0. The standard InChI is InChI=1S/C32H50O5/c1-19(2)20(3)9-10-21(4)26-11-12-27-25-17-29(37-23(6)34)32(35)18-24(36-22(5)33)13-16-31(32,8)28(25)14-15-30(26,27)7/h9-10,17,19-21,24,26-29,35H,11-16,18H2,1-8H3/b10-9+/t20-,21+,24+,26+,27+,28+,29-,30-,31-,32+/m0/s1. The molecule has 0 aromatic heterocycles. The number of aliphatic hydroxyl groups is 1. The molecule has 3 fully saturated rings. The maximum absolute atomic E-state index is 12.3. The zero-order valence-electron chi connectivity index (χ0n) is 24.4. The molecule has 3 saturated carbocycles. The van der Waals surface area contributed by atoms with Crippen LogP contribution in [0, 0.1) is 46.3 Å². The lowest BCUT2D eigenvalue weighted by Gasteiger charge is -2.62. The Morgan fingerprint density at radius 3 is 2.24 bits per heavy atom. The quantitative estimate of drug-likeness (QED) is 0.318. The molecule has 0 saturated heterocycles. The molecule has 4 aliphatic carbocycles. The molecule has 5 heteroatoms. The largest absolute Gasteiger partial charge is 0.462 e. The molecular weight excluding hydrogens is 464 g/mol. The molecule has 0 heterocycles. The monoisotopic (exact) mass is 514 g/mol. The van der Waals surface area contributed by atoms with E-state index in [2.05, 4.69) is 59.8 Å². The highest BCUT2D eigenvalue weighted by Crippen LogP contribution is 2.68. The molecule has 1 N–H and O–H groups in total. The van der Waals surface area contributed by atoms with Gasteiger partial charge in [-0.3, -0.25) is 9.59 Å². The van der Waals surface area contributed by atoms with Gasteiger partial charge in [-0.2, -0.15) is 0 Å². The molecule has 0 aliphatic heterocycles. The average molecular weight is 515 g/mol. The highest BCUT2D eigenvalue weighted by atomic mass is 16.6. The predicted octanol–water partition coefficient (Wildman–Crippen LogP) is 6.64. The molecule has 208 valence electrons. The Bertz CT molecular complexity index is 951. The van der Waals surface area contributed by atoms with E-state index in [4.69, 9.17) is 9.47 Å². The first-order valence-corrected chi connectivity index (χ1v) is 14.7. The topological polar surface area (TPSA) is 72.8 Å². The van der Waals surface area contributed by atoms with E-state index in [9.17, 15) is 14.7 Å². The van der Waals surface area contributed by atoms with Crippen molar-refractivity contribution >= 4 is 11.9 Å². The molecule has 0 aromatic rings. The Morgan fingerprint density at radius 2 is 1.62 bits per heavy atom. The summed E-state index contributed by atoms with van der Waals surface area (Å²) < 4.78 is 11.4. The van der Waals surface area contributed by atoms with Gasteiger partial charge in [0, 0.05) is 25.7 Å². The van der Waals surface area contributed by atoms with Crippen molar-refractivity contribution in [3.63, 3.8) is 0 Å². The van der Waals surface area contributed by atoms with Gasteiger partial charge in [0.05, 0.1) is 0 Å². The van der Waals surface area contributed by atoms with Crippen LogP contribution in [0.5, 0.6) is 0 Å². The van der Waals surface area contributed by atoms with Crippen LogP contribution in [0.3, 0.4) is 0 Å². The number of carbonyl (C=O) groups excluding carboxylic acids is 2. The van der Waals surface area contributed by atoms with Crippen LogP contribution in [0.15, 0.2) is 23.8 Å². The van der Waals surface area contributed by atoms with Crippen LogP contribution in [0.25, 0.3) is 0 Å². The van der Waals surface area contributed by atoms with Crippen molar-refractivity contribution in [2.75, 3.05) is 0 Å². The SMILES string of the molecule is CC(=O)O[C@@H]1CC[C@@]2(C)[C@@H]3CC[C@]4(C)[C@H](CC[C@@H]4[C@H](C)/C=C/[C@H](C)C(C)C)C3=C[C@H](OC(C)=O)[C@]2(O)C1. The summed E-state index contributed by atoms with van der Waals surface area (Å²) >= 11 is 0. The van der Waals surface area contributed by atoms with Gasteiger partial charge in [0.25, 0.3) is 0 Å². The number of carbonyl (C=O) groups is 2. The van der Waals surface area contributed by atoms with Crippen LogP contribution < -0.4 is 0 Å². The van der Waals surface area contributed by atoms with Gasteiger partial charge in [0.1, 0.15) is 17.8 Å². The van der Waals surface area contributed by atoms with Crippen molar-refractivity contribution in [3.8, 4) is 0 Å². The number of fused-ring (bicyclic) bond motifs is 5. The summed E-state index contributed by atoms with van der Waals surface area (Å²) in [6.07, 6.45) is 12.3. The van der Waals surface area contributed by atoms with Gasteiger partial charge in [-0.05, 0) is 85.5 Å². The first-order chi connectivity index (χ1) is 17.2. The normalized spacial score (nSPS) is 42.9. The van der Waals surface area contributed by atoms with Crippen LogP contribution in [0.2, 0.25) is 0 Å². The third-order valence-electron chi connectivity index (χ3n) is 11.3. The number of esters is 2. The molecular formula is C32H50O5. The van der Waals surface area contributed by atoms with Crippen molar-refractivity contribution in [1.82, 2.24) is 0 Å². The highest BCUT2D eigenvalue weighted by molar-refractivity contribution is 5.67.